The third kappa shape index (κ3) is 3.99. The normalized spacial score (nSPS) is 11.2. The van der Waals surface area contributed by atoms with Crippen LogP contribution in [-0.4, -0.2) is 19.0 Å². The Bertz CT molecular complexity index is 1310. The standard InChI is InChI=1S/C21H15ClN2O5S/c1-10(6-7-23)18-11(2)17(21(27)28-3)20(30-18)24-19(26)16-9-14(25)13-8-12(22)4-5-15(13)29-16/h4-6,8-9H,1-3H3,(H,24,26). The van der Waals surface area contributed by atoms with Crippen molar-refractivity contribution in [3.05, 3.63) is 67.4 Å². The SMILES string of the molecule is COC(=O)c1c(NC(=O)c2cc(=O)c3cc(Cl)ccc3o2)sc(C(C)=CC#N)c1C. The smallest absolute Gasteiger partial charge is 0.341 e. The summed E-state index contributed by atoms with van der Waals surface area (Å²) in [5, 5.41) is 12.4. The summed E-state index contributed by atoms with van der Waals surface area (Å²) in [7, 11) is 1.23. The molecule has 9 heteroatoms. The number of rotatable bonds is 4. The third-order valence-electron chi connectivity index (χ3n) is 4.32. The largest absolute Gasteiger partial charge is 0.465 e. The van der Waals surface area contributed by atoms with Gasteiger partial charge in [-0.3, -0.25) is 9.59 Å². The molecule has 1 N–H and O–H groups in total. The minimum atomic E-state index is -0.705. The van der Waals surface area contributed by atoms with Gasteiger partial charge >= 0.3 is 5.97 Å². The molecule has 152 valence electrons. The minimum Gasteiger partial charge on any atom is -0.465 e. The number of methoxy groups -OCH3 is 1. The quantitative estimate of drug-likeness (QED) is 0.460. The molecule has 0 saturated heterocycles. The number of nitrogens with one attached hydrogen (secondary N) is 1. The molecule has 0 unspecified atom stereocenters. The van der Waals surface area contributed by atoms with Gasteiger partial charge in [0.2, 0.25) is 0 Å². The molecule has 30 heavy (non-hydrogen) atoms. The first-order valence-electron chi connectivity index (χ1n) is 8.60. The lowest BCUT2D eigenvalue weighted by Crippen LogP contribution is -2.16. The molecule has 2 aromatic heterocycles. The highest BCUT2D eigenvalue weighted by Crippen LogP contribution is 2.37. The van der Waals surface area contributed by atoms with Gasteiger partial charge in [-0.2, -0.15) is 5.26 Å². The van der Waals surface area contributed by atoms with Crippen LogP contribution < -0.4 is 10.7 Å². The van der Waals surface area contributed by atoms with Crippen molar-refractivity contribution in [2.24, 2.45) is 0 Å². The fourth-order valence-corrected chi connectivity index (χ4v) is 4.23. The highest BCUT2D eigenvalue weighted by molar-refractivity contribution is 7.18. The number of carbonyl (C=O) groups is 2. The van der Waals surface area contributed by atoms with Crippen molar-refractivity contribution >= 4 is 56.4 Å². The maximum absolute atomic E-state index is 12.8. The first kappa shape index (κ1) is 21.3. The Morgan fingerprint density at radius 1 is 1.33 bits per heavy atom. The van der Waals surface area contributed by atoms with Gasteiger partial charge in [0, 0.05) is 22.0 Å². The number of esters is 1. The zero-order valence-corrected chi connectivity index (χ0v) is 17.7. The average molecular weight is 443 g/mol. The molecule has 0 radical (unpaired) electrons. The van der Waals surface area contributed by atoms with E-state index < -0.39 is 17.3 Å². The number of thiophene rings is 1. The number of carbonyl (C=O) groups excluding carboxylic acids is 2. The zero-order chi connectivity index (χ0) is 22.0. The summed E-state index contributed by atoms with van der Waals surface area (Å²) in [6.07, 6.45) is 1.35. The maximum Gasteiger partial charge on any atom is 0.341 e. The Morgan fingerprint density at radius 3 is 2.73 bits per heavy atom. The number of benzene rings is 1. The maximum atomic E-state index is 12.8. The monoisotopic (exact) mass is 442 g/mol. The van der Waals surface area contributed by atoms with Crippen molar-refractivity contribution in [2.45, 2.75) is 13.8 Å². The van der Waals surface area contributed by atoms with Gasteiger partial charge in [0.1, 0.15) is 10.6 Å². The Labute approximate surface area is 180 Å². The van der Waals surface area contributed by atoms with Gasteiger partial charge in [-0.25, -0.2) is 4.79 Å². The molecule has 0 aliphatic rings. The molecule has 3 rings (SSSR count). The first-order valence-corrected chi connectivity index (χ1v) is 9.79. The van der Waals surface area contributed by atoms with Crippen LogP contribution in [0.4, 0.5) is 5.00 Å². The van der Waals surface area contributed by atoms with Crippen molar-refractivity contribution < 1.29 is 18.7 Å². The fourth-order valence-electron chi connectivity index (χ4n) is 2.89. The fraction of sp³-hybridized carbons (Fsp3) is 0.143. The highest BCUT2D eigenvalue weighted by Gasteiger charge is 2.25. The Kier molecular flexibility index (Phi) is 6.06. The summed E-state index contributed by atoms with van der Waals surface area (Å²) in [4.78, 5) is 38.1. The van der Waals surface area contributed by atoms with Crippen LogP contribution in [0.15, 0.2) is 39.6 Å². The molecule has 1 aromatic carbocycles. The molecule has 0 saturated carbocycles. The van der Waals surface area contributed by atoms with E-state index in [9.17, 15) is 14.4 Å². The molecular formula is C21H15ClN2O5S. The predicted octanol–water partition coefficient (Wildman–Crippen LogP) is 4.78. The predicted molar refractivity (Wildman–Crippen MR) is 115 cm³/mol. The molecule has 0 aliphatic carbocycles. The summed E-state index contributed by atoms with van der Waals surface area (Å²) in [6.45, 7) is 3.42. The number of hydrogen-bond acceptors (Lipinski definition) is 7. The van der Waals surface area contributed by atoms with Crippen LogP contribution in [0.3, 0.4) is 0 Å². The van der Waals surface area contributed by atoms with Crippen LogP contribution in [0, 0.1) is 18.3 Å². The number of allylic oxidation sites excluding steroid dienone is 2. The van der Waals surface area contributed by atoms with E-state index in [-0.39, 0.29) is 27.3 Å². The lowest BCUT2D eigenvalue weighted by molar-refractivity contribution is 0.0601. The summed E-state index contributed by atoms with van der Waals surface area (Å²) in [6, 6.07) is 7.51. The molecule has 0 spiro atoms. The number of fused-ring (bicyclic) bond motifs is 1. The molecule has 0 aliphatic heterocycles. The van der Waals surface area contributed by atoms with E-state index >= 15 is 0 Å². The van der Waals surface area contributed by atoms with Gasteiger partial charge in [0.15, 0.2) is 11.2 Å². The molecular weight excluding hydrogens is 428 g/mol. The number of ether oxygens (including phenoxy) is 1. The van der Waals surface area contributed by atoms with E-state index in [1.807, 2.05) is 6.07 Å². The Balaban J connectivity index is 2.05. The van der Waals surface area contributed by atoms with E-state index in [0.717, 1.165) is 17.4 Å². The van der Waals surface area contributed by atoms with E-state index in [1.165, 1.54) is 25.3 Å². The highest BCUT2D eigenvalue weighted by atomic mass is 35.5. The number of halogens is 1. The lowest BCUT2D eigenvalue weighted by atomic mass is 10.1. The van der Waals surface area contributed by atoms with Gasteiger partial charge < -0.3 is 14.5 Å². The van der Waals surface area contributed by atoms with Crippen molar-refractivity contribution in [1.29, 1.82) is 5.26 Å². The summed E-state index contributed by atoms with van der Waals surface area (Å²) in [5.41, 5.74) is 1.17. The number of nitriles is 1. The second-order valence-electron chi connectivity index (χ2n) is 6.28. The topological polar surface area (TPSA) is 109 Å². The van der Waals surface area contributed by atoms with Crippen LogP contribution in [0.1, 0.15) is 38.3 Å². The summed E-state index contributed by atoms with van der Waals surface area (Å²) < 4.78 is 10.4. The van der Waals surface area contributed by atoms with E-state index in [2.05, 4.69) is 5.32 Å². The molecule has 3 aromatic rings. The van der Waals surface area contributed by atoms with E-state index in [4.69, 9.17) is 26.0 Å². The van der Waals surface area contributed by atoms with Crippen molar-refractivity contribution in [3.8, 4) is 6.07 Å². The molecule has 2 heterocycles. The molecule has 1 amide bonds. The number of amides is 1. The van der Waals surface area contributed by atoms with Crippen LogP contribution in [0.25, 0.3) is 16.5 Å². The van der Waals surface area contributed by atoms with Crippen LogP contribution in [0.2, 0.25) is 5.02 Å². The second kappa shape index (κ2) is 8.53. The first-order chi connectivity index (χ1) is 14.3. The Hall–Kier alpha value is -3.41. The minimum absolute atomic E-state index is 0.173. The average Bonchev–Trinajstić information content (AvgIpc) is 3.03. The summed E-state index contributed by atoms with van der Waals surface area (Å²) >= 11 is 7.02. The van der Waals surface area contributed by atoms with Crippen LogP contribution in [0.5, 0.6) is 0 Å². The Morgan fingerprint density at radius 2 is 2.07 bits per heavy atom. The van der Waals surface area contributed by atoms with Gasteiger partial charge in [-0.1, -0.05) is 11.6 Å². The number of anilines is 1. The van der Waals surface area contributed by atoms with Gasteiger partial charge in [0.05, 0.1) is 24.1 Å². The van der Waals surface area contributed by atoms with Crippen molar-refractivity contribution in [3.63, 3.8) is 0 Å². The second-order valence-corrected chi connectivity index (χ2v) is 7.73. The zero-order valence-electron chi connectivity index (χ0n) is 16.2. The molecule has 7 nitrogen and oxygen atoms in total. The molecule has 0 fully saturated rings. The molecule has 0 atom stereocenters. The summed E-state index contributed by atoms with van der Waals surface area (Å²) in [5.74, 6) is -1.56. The van der Waals surface area contributed by atoms with Gasteiger partial charge in [-0.15, -0.1) is 11.3 Å². The molecule has 0 bridgehead atoms. The van der Waals surface area contributed by atoms with E-state index in [1.54, 1.807) is 19.9 Å². The van der Waals surface area contributed by atoms with Crippen molar-refractivity contribution in [2.75, 3.05) is 12.4 Å². The van der Waals surface area contributed by atoms with Gasteiger partial charge in [0.25, 0.3) is 5.91 Å². The van der Waals surface area contributed by atoms with Gasteiger partial charge in [-0.05, 0) is 43.2 Å². The number of hydrogen-bond donors (Lipinski definition) is 1. The number of nitrogens with zero attached hydrogens (tertiary/aromatic N) is 1. The lowest BCUT2D eigenvalue weighted by Gasteiger charge is -2.06. The van der Waals surface area contributed by atoms with Crippen LogP contribution >= 0.6 is 22.9 Å². The third-order valence-corrected chi connectivity index (χ3v) is 5.89. The van der Waals surface area contributed by atoms with Crippen molar-refractivity contribution in [1.82, 2.24) is 0 Å². The van der Waals surface area contributed by atoms with Crippen LogP contribution in [-0.2, 0) is 4.74 Å². The van der Waals surface area contributed by atoms with E-state index in [0.29, 0.717) is 21.0 Å².